The number of rotatable bonds is 7. The Morgan fingerprint density at radius 3 is 2.38 bits per heavy atom. The molecule has 0 spiro atoms. The fourth-order valence-electron chi connectivity index (χ4n) is 1.17. The van der Waals surface area contributed by atoms with E-state index < -0.39 is 5.60 Å². The molecule has 0 aliphatic carbocycles. The first-order valence-electron chi connectivity index (χ1n) is 5.32. The zero-order valence-electron chi connectivity index (χ0n) is 9.47. The van der Waals surface area contributed by atoms with Gasteiger partial charge in [-0.25, -0.2) is 0 Å². The van der Waals surface area contributed by atoms with Gasteiger partial charge in [0.15, 0.2) is 0 Å². The Hall–Kier alpha value is -0.0800. The monoisotopic (exact) mass is 188 g/mol. The largest absolute Gasteiger partial charge is 0.388 e. The lowest BCUT2D eigenvalue weighted by Crippen LogP contribution is -2.31. The highest BCUT2D eigenvalue weighted by Crippen LogP contribution is 2.15. The molecule has 1 N–H and O–H groups in total. The van der Waals surface area contributed by atoms with Crippen molar-refractivity contribution < 1.29 is 9.84 Å². The Labute approximate surface area is 82.3 Å². The van der Waals surface area contributed by atoms with Gasteiger partial charge in [0.05, 0.1) is 18.3 Å². The molecule has 13 heavy (non-hydrogen) atoms. The van der Waals surface area contributed by atoms with E-state index in [1.165, 1.54) is 12.8 Å². The molecular formula is C11H24O2. The van der Waals surface area contributed by atoms with E-state index in [0.29, 0.717) is 6.61 Å². The molecule has 0 aliphatic heterocycles. The van der Waals surface area contributed by atoms with Crippen LogP contribution < -0.4 is 0 Å². The van der Waals surface area contributed by atoms with E-state index in [0.717, 1.165) is 12.8 Å². The molecule has 0 rings (SSSR count). The van der Waals surface area contributed by atoms with E-state index in [2.05, 4.69) is 6.92 Å². The SMILES string of the molecule is CCCCCC(C)(O)COC(C)C. The minimum absolute atomic E-state index is 0.206. The molecular weight excluding hydrogens is 164 g/mol. The minimum Gasteiger partial charge on any atom is -0.388 e. The van der Waals surface area contributed by atoms with Crippen LogP contribution in [-0.4, -0.2) is 23.4 Å². The summed E-state index contributed by atoms with van der Waals surface area (Å²) >= 11 is 0. The zero-order valence-corrected chi connectivity index (χ0v) is 9.47. The third-order valence-electron chi connectivity index (χ3n) is 2.05. The van der Waals surface area contributed by atoms with Gasteiger partial charge in [-0.3, -0.25) is 0 Å². The first kappa shape index (κ1) is 12.9. The Balaban J connectivity index is 3.54. The fourth-order valence-corrected chi connectivity index (χ4v) is 1.17. The van der Waals surface area contributed by atoms with E-state index >= 15 is 0 Å². The molecule has 0 saturated carbocycles. The predicted octanol–water partition coefficient (Wildman–Crippen LogP) is 2.74. The summed E-state index contributed by atoms with van der Waals surface area (Å²) in [6.07, 6.45) is 4.52. The van der Waals surface area contributed by atoms with E-state index in [9.17, 15) is 5.11 Å². The highest BCUT2D eigenvalue weighted by molar-refractivity contribution is 4.71. The Morgan fingerprint density at radius 1 is 1.31 bits per heavy atom. The molecule has 2 nitrogen and oxygen atoms in total. The topological polar surface area (TPSA) is 29.5 Å². The van der Waals surface area contributed by atoms with Crippen molar-refractivity contribution in [2.24, 2.45) is 0 Å². The van der Waals surface area contributed by atoms with E-state index in [1.54, 1.807) is 0 Å². The number of aliphatic hydroxyl groups is 1. The molecule has 1 atom stereocenters. The van der Waals surface area contributed by atoms with Gasteiger partial charge in [0.2, 0.25) is 0 Å². The Kier molecular flexibility index (Phi) is 6.35. The third kappa shape index (κ3) is 8.26. The van der Waals surface area contributed by atoms with Crippen molar-refractivity contribution in [1.29, 1.82) is 0 Å². The van der Waals surface area contributed by atoms with Crippen LogP contribution in [0.15, 0.2) is 0 Å². The van der Waals surface area contributed by atoms with Crippen LogP contribution in [0.5, 0.6) is 0 Å². The summed E-state index contributed by atoms with van der Waals surface area (Å²) in [5.41, 5.74) is -0.639. The van der Waals surface area contributed by atoms with Crippen LogP contribution in [0, 0.1) is 0 Å². The summed E-state index contributed by atoms with van der Waals surface area (Å²) in [6, 6.07) is 0. The van der Waals surface area contributed by atoms with Crippen molar-refractivity contribution in [2.45, 2.75) is 65.1 Å². The normalized spacial score (nSPS) is 16.2. The van der Waals surface area contributed by atoms with Crippen LogP contribution in [-0.2, 0) is 4.74 Å². The van der Waals surface area contributed by atoms with Crippen molar-refractivity contribution in [3.8, 4) is 0 Å². The summed E-state index contributed by atoms with van der Waals surface area (Å²) in [5, 5.41) is 9.86. The third-order valence-corrected chi connectivity index (χ3v) is 2.05. The molecule has 0 aromatic heterocycles. The number of unbranched alkanes of at least 4 members (excludes halogenated alkanes) is 2. The quantitative estimate of drug-likeness (QED) is 0.622. The van der Waals surface area contributed by atoms with Gasteiger partial charge in [0.25, 0.3) is 0 Å². The molecule has 80 valence electrons. The van der Waals surface area contributed by atoms with Gasteiger partial charge in [-0.05, 0) is 27.2 Å². The van der Waals surface area contributed by atoms with E-state index in [1.807, 2.05) is 20.8 Å². The van der Waals surface area contributed by atoms with Crippen LogP contribution in [0.2, 0.25) is 0 Å². The molecule has 0 heterocycles. The van der Waals surface area contributed by atoms with Crippen molar-refractivity contribution in [3.63, 3.8) is 0 Å². The number of hydrogen-bond acceptors (Lipinski definition) is 2. The Morgan fingerprint density at radius 2 is 1.92 bits per heavy atom. The van der Waals surface area contributed by atoms with Crippen LogP contribution in [0.3, 0.4) is 0 Å². The van der Waals surface area contributed by atoms with Crippen molar-refractivity contribution in [1.82, 2.24) is 0 Å². The highest BCUT2D eigenvalue weighted by atomic mass is 16.5. The molecule has 1 unspecified atom stereocenters. The number of hydrogen-bond donors (Lipinski definition) is 1. The van der Waals surface area contributed by atoms with Gasteiger partial charge in [-0.2, -0.15) is 0 Å². The summed E-state index contributed by atoms with van der Waals surface area (Å²) in [5.74, 6) is 0. The van der Waals surface area contributed by atoms with Crippen LogP contribution in [0.1, 0.15) is 53.4 Å². The number of ether oxygens (including phenoxy) is 1. The van der Waals surface area contributed by atoms with Crippen molar-refractivity contribution >= 4 is 0 Å². The van der Waals surface area contributed by atoms with Gasteiger partial charge in [-0.15, -0.1) is 0 Å². The average molecular weight is 188 g/mol. The minimum atomic E-state index is -0.639. The maximum atomic E-state index is 9.86. The molecule has 0 amide bonds. The molecule has 0 aromatic rings. The van der Waals surface area contributed by atoms with Crippen molar-refractivity contribution in [2.75, 3.05) is 6.61 Å². The lowest BCUT2D eigenvalue weighted by atomic mass is 9.99. The zero-order chi connectivity index (χ0) is 10.3. The summed E-state index contributed by atoms with van der Waals surface area (Å²) in [7, 11) is 0. The molecule has 0 bridgehead atoms. The maximum absolute atomic E-state index is 9.86. The molecule has 0 aliphatic rings. The first-order valence-corrected chi connectivity index (χ1v) is 5.32. The van der Waals surface area contributed by atoms with Crippen LogP contribution >= 0.6 is 0 Å². The van der Waals surface area contributed by atoms with Crippen LogP contribution in [0.4, 0.5) is 0 Å². The standard InChI is InChI=1S/C11H24O2/c1-5-6-7-8-11(4,12)9-13-10(2)3/h10,12H,5-9H2,1-4H3. The van der Waals surface area contributed by atoms with Gasteiger partial charge < -0.3 is 9.84 Å². The maximum Gasteiger partial charge on any atom is 0.0852 e. The van der Waals surface area contributed by atoms with E-state index in [-0.39, 0.29) is 6.10 Å². The van der Waals surface area contributed by atoms with Gasteiger partial charge in [0, 0.05) is 0 Å². The second kappa shape index (κ2) is 6.39. The Bertz CT molecular complexity index is 119. The smallest absolute Gasteiger partial charge is 0.0852 e. The second-order valence-corrected chi connectivity index (χ2v) is 4.31. The molecule has 0 radical (unpaired) electrons. The molecule has 0 fully saturated rings. The van der Waals surface area contributed by atoms with Gasteiger partial charge in [-0.1, -0.05) is 26.2 Å². The van der Waals surface area contributed by atoms with Gasteiger partial charge in [0.1, 0.15) is 0 Å². The fraction of sp³-hybridized carbons (Fsp3) is 1.00. The summed E-state index contributed by atoms with van der Waals surface area (Å²) in [4.78, 5) is 0. The van der Waals surface area contributed by atoms with E-state index in [4.69, 9.17) is 4.74 Å². The molecule has 2 heteroatoms. The second-order valence-electron chi connectivity index (χ2n) is 4.31. The lowest BCUT2D eigenvalue weighted by molar-refractivity contribution is -0.0588. The summed E-state index contributed by atoms with van der Waals surface area (Å²) in [6.45, 7) is 8.45. The first-order chi connectivity index (χ1) is 5.98. The molecule has 0 saturated heterocycles. The van der Waals surface area contributed by atoms with Crippen molar-refractivity contribution in [3.05, 3.63) is 0 Å². The van der Waals surface area contributed by atoms with Crippen LogP contribution in [0.25, 0.3) is 0 Å². The molecule has 0 aromatic carbocycles. The van der Waals surface area contributed by atoms with Gasteiger partial charge >= 0.3 is 0 Å². The average Bonchev–Trinajstić information content (AvgIpc) is 2.02. The highest BCUT2D eigenvalue weighted by Gasteiger charge is 2.20. The summed E-state index contributed by atoms with van der Waals surface area (Å²) < 4.78 is 5.39. The predicted molar refractivity (Wildman–Crippen MR) is 55.9 cm³/mol. The lowest BCUT2D eigenvalue weighted by Gasteiger charge is -2.24.